The fraction of sp³-hybridized carbons (Fsp3) is 0.647. The molecule has 4 heteroatoms. The van der Waals surface area contributed by atoms with Gasteiger partial charge in [0, 0.05) is 18.2 Å². The molecule has 0 saturated heterocycles. The highest BCUT2D eigenvalue weighted by Crippen LogP contribution is 2.30. The molecule has 1 saturated carbocycles. The van der Waals surface area contributed by atoms with Crippen LogP contribution in [-0.2, 0) is 6.54 Å². The second-order valence-electron chi connectivity index (χ2n) is 5.87. The van der Waals surface area contributed by atoms with E-state index in [0.29, 0.717) is 12.0 Å². The van der Waals surface area contributed by atoms with E-state index < -0.39 is 0 Å². The molecule has 2 N–H and O–H groups in total. The largest absolute Gasteiger partial charge is 0.496 e. The Morgan fingerprint density at radius 1 is 1.33 bits per heavy atom. The molecule has 1 aromatic carbocycles. The molecule has 1 fully saturated rings. The van der Waals surface area contributed by atoms with Gasteiger partial charge in [-0.15, -0.1) is 0 Å². The van der Waals surface area contributed by atoms with Gasteiger partial charge in [-0.1, -0.05) is 19.8 Å². The Balaban J connectivity index is 2.16. The lowest BCUT2D eigenvalue weighted by atomic mass is 9.83. The van der Waals surface area contributed by atoms with E-state index in [9.17, 15) is 4.39 Å². The first-order valence-corrected chi connectivity index (χ1v) is 7.96. The number of halogens is 1. The lowest BCUT2D eigenvalue weighted by Gasteiger charge is -2.39. The predicted molar refractivity (Wildman–Crippen MR) is 83.8 cm³/mol. The minimum Gasteiger partial charge on any atom is -0.496 e. The molecule has 0 bridgehead atoms. The number of ether oxygens (including phenoxy) is 1. The van der Waals surface area contributed by atoms with Crippen LogP contribution >= 0.6 is 0 Å². The van der Waals surface area contributed by atoms with Crippen molar-refractivity contribution in [3.8, 4) is 5.75 Å². The third-order valence-electron chi connectivity index (χ3n) is 4.66. The molecule has 2 unspecified atom stereocenters. The van der Waals surface area contributed by atoms with Crippen LogP contribution in [0.1, 0.15) is 38.2 Å². The Hall–Kier alpha value is -1.13. The normalized spacial score (nSPS) is 22.5. The Labute approximate surface area is 127 Å². The van der Waals surface area contributed by atoms with Crippen molar-refractivity contribution in [2.75, 3.05) is 20.2 Å². The summed E-state index contributed by atoms with van der Waals surface area (Å²) in [4.78, 5) is 2.42. The van der Waals surface area contributed by atoms with E-state index in [-0.39, 0.29) is 5.82 Å². The first-order valence-electron chi connectivity index (χ1n) is 7.96. The molecule has 0 aromatic heterocycles. The predicted octanol–water partition coefficient (Wildman–Crippen LogP) is 3.17. The van der Waals surface area contributed by atoms with Gasteiger partial charge in [0.1, 0.15) is 11.6 Å². The van der Waals surface area contributed by atoms with Crippen molar-refractivity contribution in [1.82, 2.24) is 4.90 Å². The molecule has 0 spiro atoms. The van der Waals surface area contributed by atoms with Crippen LogP contribution in [0.25, 0.3) is 0 Å². The summed E-state index contributed by atoms with van der Waals surface area (Å²) in [5, 5.41) is 0. The van der Waals surface area contributed by atoms with Gasteiger partial charge in [-0.2, -0.15) is 0 Å². The van der Waals surface area contributed by atoms with Crippen LogP contribution in [0.2, 0.25) is 0 Å². The van der Waals surface area contributed by atoms with Crippen molar-refractivity contribution in [2.45, 2.75) is 45.2 Å². The maximum absolute atomic E-state index is 13.5. The summed E-state index contributed by atoms with van der Waals surface area (Å²) in [5.74, 6) is 1.11. The van der Waals surface area contributed by atoms with Crippen molar-refractivity contribution >= 4 is 0 Å². The topological polar surface area (TPSA) is 38.5 Å². The second-order valence-corrected chi connectivity index (χ2v) is 5.87. The number of methoxy groups -OCH3 is 1. The number of hydrogen-bond acceptors (Lipinski definition) is 3. The molecule has 0 heterocycles. The number of rotatable bonds is 6. The third kappa shape index (κ3) is 3.95. The highest BCUT2D eigenvalue weighted by Gasteiger charge is 2.28. The van der Waals surface area contributed by atoms with Gasteiger partial charge in [-0.05, 0) is 50.0 Å². The van der Waals surface area contributed by atoms with Gasteiger partial charge in [-0.3, -0.25) is 4.90 Å². The van der Waals surface area contributed by atoms with E-state index >= 15 is 0 Å². The fourth-order valence-corrected chi connectivity index (χ4v) is 3.50. The molecule has 0 amide bonds. The lowest BCUT2D eigenvalue weighted by Crippen LogP contribution is -2.44. The highest BCUT2D eigenvalue weighted by molar-refractivity contribution is 5.33. The average Bonchev–Trinajstić information content (AvgIpc) is 2.52. The second kappa shape index (κ2) is 7.76. The third-order valence-corrected chi connectivity index (χ3v) is 4.66. The summed E-state index contributed by atoms with van der Waals surface area (Å²) >= 11 is 0. The maximum atomic E-state index is 13.5. The minimum atomic E-state index is -0.208. The first-order chi connectivity index (χ1) is 10.2. The SMILES string of the molecule is CCN(Cc1cc(F)ccc1OC)C1CCCCC1CN. The van der Waals surface area contributed by atoms with Crippen LogP contribution in [-0.4, -0.2) is 31.1 Å². The van der Waals surface area contributed by atoms with Crippen LogP contribution in [0.4, 0.5) is 4.39 Å². The minimum absolute atomic E-state index is 0.208. The summed E-state index contributed by atoms with van der Waals surface area (Å²) in [6.07, 6.45) is 4.93. The Bertz CT molecular complexity index is 452. The molecule has 1 aromatic rings. The van der Waals surface area contributed by atoms with E-state index in [0.717, 1.165) is 30.9 Å². The summed E-state index contributed by atoms with van der Waals surface area (Å²) in [6.45, 7) is 4.56. The van der Waals surface area contributed by atoms with E-state index in [1.807, 2.05) is 0 Å². The standard InChI is InChI=1S/C17H27FN2O/c1-3-20(16-7-5-4-6-13(16)11-19)12-14-10-15(18)8-9-17(14)21-2/h8-10,13,16H,3-7,11-12,19H2,1-2H3. The maximum Gasteiger partial charge on any atom is 0.123 e. The van der Waals surface area contributed by atoms with Crippen molar-refractivity contribution in [3.05, 3.63) is 29.6 Å². The zero-order valence-electron chi connectivity index (χ0n) is 13.1. The average molecular weight is 294 g/mol. The van der Waals surface area contributed by atoms with Crippen molar-refractivity contribution in [2.24, 2.45) is 11.7 Å². The first kappa shape index (κ1) is 16.2. The molecular weight excluding hydrogens is 267 g/mol. The van der Waals surface area contributed by atoms with Crippen LogP contribution < -0.4 is 10.5 Å². The molecule has 2 atom stereocenters. The van der Waals surface area contributed by atoms with Gasteiger partial charge >= 0.3 is 0 Å². The molecular formula is C17H27FN2O. The zero-order chi connectivity index (χ0) is 15.2. The number of nitrogens with two attached hydrogens (primary N) is 1. The van der Waals surface area contributed by atoms with Crippen LogP contribution in [0.3, 0.4) is 0 Å². The van der Waals surface area contributed by atoms with Crippen molar-refractivity contribution < 1.29 is 9.13 Å². The number of nitrogens with zero attached hydrogens (tertiary/aromatic N) is 1. The Morgan fingerprint density at radius 3 is 2.76 bits per heavy atom. The van der Waals surface area contributed by atoms with E-state index in [1.54, 1.807) is 19.2 Å². The number of benzene rings is 1. The summed E-state index contributed by atoms with van der Waals surface area (Å²) < 4.78 is 18.9. The lowest BCUT2D eigenvalue weighted by molar-refractivity contribution is 0.104. The molecule has 0 aliphatic heterocycles. The van der Waals surface area contributed by atoms with Crippen LogP contribution in [0.5, 0.6) is 5.75 Å². The molecule has 3 nitrogen and oxygen atoms in total. The highest BCUT2D eigenvalue weighted by atomic mass is 19.1. The zero-order valence-corrected chi connectivity index (χ0v) is 13.1. The van der Waals surface area contributed by atoms with E-state index in [2.05, 4.69) is 11.8 Å². The van der Waals surface area contributed by atoms with E-state index in [4.69, 9.17) is 10.5 Å². The monoisotopic (exact) mass is 294 g/mol. The molecule has 2 rings (SSSR count). The van der Waals surface area contributed by atoms with Gasteiger partial charge in [0.15, 0.2) is 0 Å². The molecule has 21 heavy (non-hydrogen) atoms. The quantitative estimate of drug-likeness (QED) is 0.876. The number of hydrogen-bond donors (Lipinski definition) is 1. The van der Waals surface area contributed by atoms with Gasteiger partial charge in [0.05, 0.1) is 7.11 Å². The molecule has 1 aliphatic carbocycles. The van der Waals surface area contributed by atoms with Crippen molar-refractivity contribution in [3.63, 3.8) is 0 Å². The van der Waals surface area contributed by atoms with Gasteiger partial charge in [0.25, 0.3) is 0 Å². The summed E-state index contributed by atoms with van der Waals surface area (Å²) in [7, 11) is 1.64. The van der Waals surface area contributed by atoms with Gasteiger partial charge in [0.2, 0.25) is 0 Å². The van der Waals surface area contributed by atoms with E-state index in [1.165, 1.54) is 31.7 Å². The smallest absolute Gasteiger partial charge is 0.123 e. The van der Waals surface area contributed by atoms with Crippen molar-refractivity contribution in [1.29, 1.82) is 0 Å². The molecule has 0 radical (unpaired) electrons. The summed E-state index contributed by atoms with van der Waals surface area (Å²) in [6, 6.07) is 5.24. The molecule has 118 valence electrons. The molecule has 1 aliphatic rings. The Kier molecular flexibility index (Phi) is 6.00. The van der Waals surface area contributed by atoms with Gasteiger partial charge < -0.3 is 10.5 Å². The van der Waals surface area contributed by atoms with Crippen LogP contribution in [0.15, 0.2) is 18.2 Å². The fourth-order valence-electron chi connectivity index (χ4n) is 3.50. The van der Waals surface area contributed by atoms with Crippen LogP contribution in [0, 0.1) is 11.7 Å². The summed E-state index contributed by atoms with van der Waals surface area (Å²) in [5.41, 5.74) is 6.87. The Morgan fingerprint density at radius 2 is 2.10 bits per heavy atom. The van der Waals surface area contributed by atoms with Gasteiger partial charge in [-0.25, -0.2) is 4.39 Å².